The maximum atomic E-state index is 13.0. The molecule has 0 aliphatic carbocycles. The highest BCUT2D eigenvalue weighted by atomic mass is 19.1. The number of amides is 1. The van der Waals surface area contributed by atoms with Crippen LogP contribution < -0.4 is 0 Å². The van der Waals surface area contributed by atoms with Gasteiger partial charge in [-0.15, -0.1) is 0 Å². The van der Waals surface area contributed by atoms with Gasteiger partial charge in [0.25, 0.3) is 5.91 Å². The van der Waals surface area contributed by atoms with E-state index in [-0.39, 0.29) is 18.1 Å². The number of hydrogen-bond donors (Lipinski definition) is 1. The Morgan fingerprint density at radius 1 is 1.12 bits per heavy atom. The number of allylic oxidation sites excluding steroid dienone is 6. The smallest absolute Gasteiger partial charge is 0.303 e. The minimum absolute atomic E-state index is 0.0692. The van der Waals surface area contributed by atoms with Gasteiger partial charge in [-0.2, -0.15) is 5.26 Å². The third-order valence-electron chi connectivity index (χ3n) is 5.56. The predicted molar refractivity (Wildman–Crippen MR) is 171 cm³/mol. The van der Waals surface area contributed by atoms with Gasteiger partial charge in [-0.3, -0.25) is 19.6 Å². The number of carbonyl (C=O) groups is 2. The third-order valence-corrected chi connectivity index (χ3v) is 5.56. The van der Waals surface area contributed by atoms with Gasteiger partial charge in [-0.1, -0.05) is 50.3 Å². The molecule has 1 N–H and O–H groups in total. The first-order chi connectivity index (χ1) is 20.3. The molecular weight excluding hydrogens is 531 g/mol. The fraction of sp³-hybridized carbons (Fsp3) is 0.382. The molecule has 1 aliphatic heterocycles. The molecule has 0 spiro atoms. The van der Waals surface area contributed by atoms with E-state index < -0.39 is 5.97 Å². The Labute approximate surface area is 250 Å². The average Bonchev–Trinajstić information content (AvgIpc) is 2.97. The number of carboxylic acid groups (broad SMARTS) is 1. The van der Waals surface area contributed by atoms with Gasteiger partial charge in [0.2, 0.25) is 0 Å². The van der Waals surface area contributed by atoms with Crippen LogP contribution in [-0.4, -0.2) is 47.4 Å². The van der Waals surface area contributed by atoms with Crippen LogP contribution in [0.2, 0.25) is 0 Å². The van der Waals surface area contributed by atoms with E-state index in [4.69, 9.17) is 10.4 Å². The quantitative estimate of drug-likeness (QED) is 0.0848. The van der Waals surface area contributed by atoms with Gasteiger partial charge >= 0.3 is 5.97 Å². The van der Waals surface area contributed by atoms with Crippen LogP contribution in [0, 0.1) is 23.1 Å². The lowest BCUT2D eigenvalue weighted by Gasteiger charge is -2.38. The molecule has 1 saturated heterocycles. The lowest BCUT2D eigenvalue weighted by atomic mass is 9.98. The van der Waals surface area contributed by atoms with Crippen molar-refractivity contribution in [2.24, 2.45) is 15.9 Å². The lowest BCUT2D eigenvalue weighted by Crippen LogP contribution is -2.49. The minimum Gasteiger partial charge on any atom is -0.481 e. The van der Waals surface area contributed by atoms with Crippen LogP contribution in [0.3, 0.4) is 0 Å². The molecule has 7 nitrogen and oxygen atoms in total. The molecule has 226 valence electrons. The van der Waals surface area contributed by atoms with Gasteiger partial charge < -0.3 is 10.0 Å². The van der Waals surface area contributed by atoms with E-state index in [1.165, 1.54) is 12.1 Å². The second-order valence-corrected chi connectivity index (χ2v) is 8.95. The number of benzene rings is 1. The van der Waals surface area contributed by atoms with Gasteiger partial charge in [0, 0.05) is 55.3 Å². The van der Waals surface area contributed by atoms with E-state index in [9.17, 15) is 14.0 Å². The molecule has 1 aliphatic rings. The second kappa shape index (κ2) is 24.4. The average molecular weight is 577 g/mol. The van der Waals surface area contributed by atoms with Crippen molar-refractivity contribution >= 4 is 24.3 Å². The van der Waals surface area contributed by atoms with E-state index in [0.717, 1.165) is 12.0 Å². The summed E-state index contributed by atoms with van der Waals surface area (Å²) in [5.74, 6) is -0.771. The molecule has 0 unspecified atom stereocenters. The SMILES string of the molecule is C/C=C/C1CN(C(=O)C(/C=C/N=CCCCCC(=O)O)=C/C=C(\C)N=Cc2ccc(F)cc2)C1.C/C=C\CC#N.CC. The predicted octanol–water partition coefficient (Wildman–Crippen LogP) is 7.84. The highest BCUT2D eigenvalue weighted by molar-refractivity contribution is 5.97. The second-order valence-electron chi connectivity index (χ2n) is 8.95. The van der Waals surface area contributed by atoms with Crippen LogP contribution in [-0.2, 0) is 9.59 Å². The summed E-state index contributed by atoms with van der Waals surface area (Å²) in [5.41, 5.74) is 1.97. The summed E-state index contributed by atoms with van der Waals surface area (Å²) in [6, 6.07) is 8.02. The van der Waals surface area contributed by atoms with Crippen molar-refractivity contribution < 1.29 is 19.1 Å². The molecule has 0 bridgehead atoms. The number of halogens is 1. The van der Waals surface area contributed by atoms with Crippen molar-refractivity contribution in [2.45, 2.75) is 66.7 Å². The first-order valence-electron chi connectivity index (χ1n) is 14.3. The molecule has 1 aromatic rings. The number of aliphatic carboxylic acids is 1. The zero-order valence-corrected chi connectivity index (χ0v) is 25.5. The molecule has 42 heavy (non-hydrogen) atoms. The van der Waals surface area contributed by atoms with Gasteiger partial charge in [0.05, 0.1) is 12.5 Å². The zero-order valence-electron chi connectivity index (χ0n) is 25.5. The van der Waals surface area contributed by atoms with E-state index >= 15 is 0 Å². The van der Waals surface area contributed by atoms with E-state index in [1.807, 2.05) is 58.9 Å². The molecule has 1 fully saturated rings. The third kappa shape index (κ3) is 18.1. The fourth-order valence-corrected chi connectivity index (χ4v) is 3.37. The molecule has 1 heterocycles. The van der Waals surface area contributed by atoms with Crippen LogP contribution in [0.25, 0.3) is 0 Å². The summed E-state index contributed by atoms with van der Waals surface area (Å²) in [6.07, 6.45) is 20.6. The minimum atomic E-state index is -0.793. The van der Waals surface area contributed by atoms with Gasteiger partial charge in [-0.25, -0.2) is 4.39 Å². The number of likely N-dealkylation sites (tertiary alicyclic amines) is 1. The molecule has 0 atom stereocenters. The maximum absolute atomic E-state index is 13.0. The Hall–Kier alpha value is -4.38. The molecular formula is C34H45FN4O3. The Kier molecular flexibility index (Phi) is 21.9. The van der Waals surface area contributed by atoms with Crippen LogP contribution in [0.5, 0.6) is 0 Å². The van der Waals surface area contributed by atoms with Gasteiger partial charge in [-0.05, 0) is 76.0 Å². The lowest BCUT2D eigenvalue weighted by molar-refractivity contribution is -0.137. The number of nitrogens with zero attached hydrogens (tertiary/aromatic N) is 4. The molecule has 1 aromatic carbocycles. The summed E-state index contributed by atoms with van der Waals surface area (Å²) in [5, 5.41) is 16.6. The molecule has 0 aromatic heterocycles. The van der Waals surface area contributed by atoms with Gasteiger partial charge in [0.15, 0.2) is 0 Å². The highest BCUT2D eigenvalue weighted by Gasteiger charge is 2.29. The number of unbranched alkanes of at least 4 members (excludes halogenated alkanes) is 2. The molecule has 1 amide bonds. The van der Waals surface area contributed by atoms with E-state index in [2.05, 4.69) is 16.1 Å². The fourth-order valence-electron chi connectivity index (χ4n) is 3.37. The normalized spacial score (nSPS) is 14.2. The standard InChI is InChI=1S/C27H32FN3O3.C5H7N.C2H6/c1-3-7-23-19-31(20-23)27(34)24(15-17-29-16-6-4-5-8-26(32)33)12-9-21(2)30-18-22-10-13-25(28)14-11-22;1-2-3-4-5-6;1-2/h3,7,9-18,23H,4-6,8,19-20H2,1-2H3,(H,32,33);2-3H,4H2,1H3;1-2H3/b7-3+,17-15+,21-9+,24-12+,29-16?,30-18?;3-2-;. The number of nitriles is 1. The maximum Gasteiger partial charge on any atom is 0.303 e. The van der Waals surface area contributed by atoms with Crippen LogP contribution in [0.15, 0.2) is 94.3 Å². The monoisotopic (exact) mass is 576 g/mol. The van der Waals surface area contributed by atoms with Crippen molar-refractivity contribution in [3.63, 3.8) is 0 Å². The summed E-state index contributed by atoms with van der Waals surface area (Å²) < 4.78 is 13.0. The summed E-state index contributed by atoms with van der Waals surface area (Å²) in [6.45, 7) is 11.1. The Bertz CT molecular complexity index is 1180. The van der Waals surface area contributed by atoms with Crippen LogP contribution >= 0.6 is 0 Å². The zero-order chi connectivity index (χ0) is 31.6. The van der Waals surface area contributed by atoms with Crippen molar-refractivity contribution in [1.82, 2.24) is 4.90 Å². The summed E-state index contributed by atoms with van der Waals surface area (Å²) in [7, 11) is 0. The first kappa shape index (κ1) is 37.6. The molecule has 0 radical (unpaired) electrons. The number of carboxylic acids is 1. The molecule has 0 saturated carbocycles. The van der Waals surface area contributed by atoms with Crippen LogP contribution in [0.1, 0.15) is 72.3 Å². The Morgan fingerprint density at radius 2 is 1.81 bits per heavy atom. The Morgan fingerprint density at radius 3 is 2.38 bits per heavy atom. The summed E-state index contributed by atoms with van der Waals surface area (Å²) in [4.78, 5) is 33.8. The highest BCUT2D eigenvalue weighted by Crippen LogP contribution is 2.20. The van der Waals surface area contributed by atoms with Crippen molar-refractivity contribution in [1.29, 1.82) is 5.26 Å². The number of aliphatic imine (C=N–C) groups is 2. The Balaban J connectivity index is 0.00000186. The largest absolute Gasteiger partial charge is 0.481 e. The molecule has 2 rings (SSSR count). The van der Waals surface area contributed by atoms with Crippen molar-refractivity contribution in [3.8, 4) is 6.07 Å². The van der Waals surface area contributed by atoms with E-state index in [1.54, 1.807) is 53.9 Å². The number of carbonyl (C=O) groups excluding carboxylic acids is 1. The van der Waals surface area contributed by atoms with E-state index in [0.29, 0.717) is 49.5 Å². The first-order valence-corrected chi connectivity index (χ1v) is 14.3. The summed E-state index contributed by atoms with van der Waals surface area (Å²) >= 11 is 0. The topological polar surface area (TPSA) is 106 Å². The van der Waals surface area contributed by atoms with Crippen LogP contribution in [0.4, 0.5) is 4.39 Å². The van der Waals surface area contributed by atoms with Gasteiger partial charge in [0.1, 0.15) is 5.82 Å². The molecule has 8 heteroatoms. The van der Waals surface area contributed by atoms with Crippen molar-refractivity contribution in [3.05, 3.63) is 95.6 Å². The number of hydrogen-bond acceptors (Lipinski definition) is 5. The van der Waals surface area contributed by atoms with Crippen molar-refractivity contribution in [2.75, 3.05) is 13.1 Å². The number of rotatable bonds is 13.